The highest BCUT2D eigenvalue weighted by Gasteiger charge is 2.30. The van der Waals surface area contributed by atoms with Crippen molar-refractivity contribution >= 4 is 39.5 Å². The lowest BCUT2D eigenvalue weighted by Gasteiger charge is -2.21. The number of phosphoric acid groups is 2. The van der Waals surface area contributed by atoms with E-state index in [9.17, 15) is 43.2 Å². The second-order valence-electron chi connectivity index (χ2n) is 29.1. The molecule has 0 spiro atoms. The number of ether oxygens (including phenoxy) is 4. The minimum atomic E-state index is -4.96. The summed E-state index contributed by atoms with van der Waals surface area (Å²) >= 11 is 0. The van der Waals surface area contributed by atoms with Gasteiger partial charge in [0.25, 0.3) is 0 Å². The third-order valence-corrected chi connectivity index (χ3v) is 20.1. The zero-order valence-corrected chi connectivity index (χ0v) is 65.2. The summed E-state index contributed by atoms with van der Waals surface area (Å²) in [5.74, 6) is -0.646. The van der Waals surface area contributed by atoms with Gasteiger partial charge in [-0.3, -0.25) is 37.3 Å². The Morgan fingerprint density at radius 3 is 0.701 bits per heavy atom. The second kappa shape index (κ2) is 69.8. The number of aliphatic hydroxyl groups excluding tert-OH is 1. The fourth-order valence-corrected chi connectivity index (χ4v) is 13.6. The minimum absolute atomic E-state index is 0.102. The normalized spacial score (nSPS) is 14.0. The molecule has 0 bridgehead atoms. The molecule has 3 N–H and O–H groups in total. The van der Waals surface area contributed by atoms with Crippen molar-refractivity contribution in [1.82, 2.24) is 0 Å². The van der Waals surface area contributed by atoms with E-state index in [1.54, 1.807) is 0 Å². The van der Waals surface area contributed by atoms with E-state index >= 15 is 0 Å². The van der Waals surface area contributed by atoms with Gasteiger partial charge in [-0.25, -0.2) is 9.13 Å². The van der Waals surface area contributed by atoms with Crippen molar-refractivity contribution in [3.8, 4) is 0 Å². The zero-order chi connectivity index (χ0) is 71.4. The molecule has 0 aromatic heterocycles. The Bertz CT molecular complexity index is 1870. The SMILES string of the molecule is CCCCCCCCCCCCCCCCCCCCCCCCC(=O)O[C@H](COC(=O)CCCCCCCCCCCCCCCCCC(C)C)COP(=O)(O)OC[C@@H](O)COP(=O)(O)OC[C@@H](COC(=O)CCCCCCCCCC)OC(=O)CCCCCCCCC(C)C. The quantitative estimate of drug-likeness (QED) is 0.0222. The van der Waals surface area contributed by atoms with Gasteiger partial charge in [-0.15, -0.1) is 0 Å². The van der Waals surface area contributed by atoms with Crippen LogP contribution in [0.5, 0.6) is 0 Å². The van der Waals surface area contributed by atoms with Gasteiger partial charge in [0.2, 0.25) is 0 Å². The van der Waals surface area contributed by atoms with Crippen LogP contribution in [0.25, 0.3) is 0 Å². The number of carbonyl (C=O) groups is 4. The number of rotatable bonds is 77. The Morgan fingerprint density at radius 2 is 0.474 bits per heavy atom. The van der Waals surface area contributed by atoms with Crippen LogP contribution >= 0.6 is 15.6 Å². The lowest BCUT2D eigenvalue weighted by atomic mass is 10.0. The molecule has 0 fully saturated rings. The number of phosphoric ester groups is 2. The molecule has 0 heterocycles. The highest BCUT2D eigenvalue weighted by atomic mass is 31.2. The van der Waals surface area contributed by atoms with Crippen LogP contribution in [0.2, 0.25) is 0 Å². The van der Waals surface area contributed by atoms with Crippen LogP contribution in [0.3, 0.4) is 0 Å². The van der Waals surface area contributed by atoms with Gasteiger partial charge in [0, 0.05) is 25.7 Å². The summed E-state index contributed by atoms with van der Waals surface area (Å²) in [6.07, 6.45) is 58.8. The fourth-order valence-electron chi connectivity index (χ4n) is 12.0. The molecular formula is C78H152O17P2. The molecule has 17 nitrogen and oxygen atoms in total. The molecule has 0 amide bonds. The Hall–Kier alpha value is -1.94. The average Bonchev–Trinajstić information content (AvgIpc) is 2.15. The predicted molar refractivity (Wildman–Crippen MR) is 395 cm³/mol. The maximum Gasteiger partial charge on any atom is 0.472 e. The summed E-state index contributed by atoms with van der Waals surface area (Å²) in [4.78, 5) is 72.7. The van der Waals surface area contributed by atoms with E-state index in [4.69, 9.17) is 37.0 Å². The van der Waals surface area contributed by atoms with Crippen LogP contribution in [-0.4, -0.2) is 96.7 Å². The van der Waals surface area contributed by atoms with Crippen molar-refractivity contribution in [1.29, 1.82) is 0 Å². The number of esters is 4. The first-order valence-electron chi connectivity index (χ1n) is 40.5. The summed E-state index contributed by atoms with van der Waals surface area (Å²) in [7, 11) is -9.91. The molecule has 0 aromatic carbocycles. The summed E-state index contributed by atoms with van der Waals surface area (Å²) < 4.78 is 68.4. The van der Waals surface area contributed by atoms with Gasteiger partial charge in [-0.05, 0) is 37.5 Å². The molecule has 5 atom stereocenters. The largest absolute Gasteiger partial charge is 0.472 e. The lowest BCUT2D eigenvalue weighted by molar-refractivity contribution is -0.161. The molecule has 576 valence electrons. The summed E-state index contributed by atoms with van der Waals surface area (Å²) in [5.41, 5.74) is 0. The first-order chi connectivity index (χ1) is 46.9. The van der Waals surface area contributed by atoms with Gasteiger partial charge >= 0.3 is 39.5 Å². The Balaban J connectivity index is 5.14. The molecule has 0 radical (unpaired) electrons. The monoisotopic (exact) mass is 1420 g/mol. The molecule has 0 aromatic rings. The van der Waals surface area contributed by atoms with Crippen molar-refractivity contribution in [2.75, 3.05) is 39.6 Å². The molecule has 97 heavy (non-hydrogen) atoms. The highest BCUT2D eigenvalue weighted by molar-refractivity contribution is 7.47. The maximum atomic E-state index is 13.1. The molecule has 0 aliphatic heterocycles. The molecular weight excluding hydrogens is 1270 g/mol. The van der Waals surface area contributed by atoms with Crippen molar-refractivity contribution in [3.05, 3.63) is 0 Å². The van der Waals surface area contributed by atoms with Crippen LogP contribution in [0.15, 0.2) is 0 Å². The van der Waals surface area contributed by atoms with Crippen LogP contribution in [0.4, 0.5) is 0 Å². The number of unbranched alkanes of at least 4 members (excludes halogenated alkanes) is 47. The fraction of sp³-hybridized carbons (Fsp3) is 0.949. The topological polar surface area (TPSA) is 237 Å². The zero-order valence-electron chi connectivity index (χ0n) is 63.4. The van der Waals surface area contributed by atoms with Crippen molar-refractivity contribution in [3.63, 3.8) is 0 Å². The highest BCUT2D eigenvalue weighted by Crippen LogP contribution is 2.45. The van der Waals surface area contributed by atoms with Gasteiger partial charge < -0.3 is 33.8 Å². The van der Waals surface area contributed by atoms with E-state index < -0.39 is 97.5 Å². The van der Waals surface area contributed by atoms with Crippen molar-refractivity contribution in [2.45, 2.75) is 426 Å². The third-order valence-electron chi connectivity index (χ3n) is 18.2. The van der Waals surface area contributed by atoms with Crippen LogP contribution in [-0.2, 0) is 65.4 Å². The predicted octanol–water partition coefficient (Wildman–Crippen LogP) is 23.1. The van der Waals surface area contributed by atoms with E-state index in [1.165, 1.54) is 218 Å². The van der Waals surface area contributed by atoms with E-state index in [0.29, 0.717) is 31.6 Å². The second-order valence-corrected chi connectivity index (χ2v) is 32.0. The molecule has 0 aliphatic rings. The first kappa shape index (κ1) is 95.1. The van der Waals surface area contributed by atoms with E-state index in [0.717, 1.165) is 102 Å². The van der Waals surface area contributed by atoms with Crippen LogP contribution < -0.4 is 0 Å². The first-order valence-corrected chi connectivity index (χ1v) is 43.5. The van der Waals surface area contributed by atoms with Gasteiger partial charge in [-0.2, -0.15) is 0 Å². The third kappa shape index (κ3) is 72.2. The molecule has 2 unspecified atom stereocenters. The Labute approximate surface area is 594 Å². The van der Waals surface area contributed by atoms with E-state index in [2.05, 4.69) is 41.5 Å². The molecule has 0 aliphatic carbocycles. The van der Waals surface area contributed by atoms with Gasteiger partial charge in [0.05, 0.1) is 26.4 Å². The molecule has 19 heteroatoms. The number of hydrogen-bond donors (Lipinski definition) is 3. The summed E-state index contributed by atoms with van der Waals surface area (Å²) in [5, 5.41) is 10.6. The Morgan fingerprint density at radius 1 is 0.278 bits per heavy atom. The maximum absolute atomic E-state index is 13.1. The molecule has 0 rings (SSSR count). The number of carbonyl (C=O) groups excluding carboxylic acids is 4. The Kier molecular flexibility index (Phi) is 68.4. The molecule has 0 saturated carbocycles. The van der Waals surface area contributed by atoms with E-state index in [-0.39, 0.29) is 25.7 Å². The van der Waals surface area contributed by atoms with Crippen LogP contribution in [0.1, 0.15) is 408 Å². The smallest absolute Gasteiger partial charge is 0.462 e. The molecule has 0 saturated heterocycles. The standard InChI is InChI=1S/C78H152O17P2/c1-7-9-11-13-15-17-18-19-20-21-22-23-24-25-26-29-33-36-39-43-50-56-62-77(82)94-73(66-89-76(81)61-55-49-42-38-35-32-30-27-28-31-34-37-40-46-52-58-70(3)4)68-92-96(84,85)90-64-72(79)65-91-97(86,87)93-69-74(67-88-75(80)60-54-48-41-16-14-12-10-8-2)95-78(83)63-57-51-45-44-47-53-59-71(5)6/h70-74,79H,7-69H2,1-6H3,(H,84,85)(H,86,87)/t72-,73-,74-/m1/s1. The number of aliphatic hydroxyl groups is 1. The van der Waals surface area contributed by atoms with Crippen molar-refractivity contribution < 1.29 is 80.2 Å². The van der Waals surface area contributed by atoms with Gasteiger partial charge in [0.15, 0.2) is 12.2 Å². The summed E-state index contributed by atoms with van der Waals surface area (Å²) in [6.45, 7) is 9.51. The average molecular weight is 1420 g/mol. The van der Waals surface area contributed by atoms with Crippen LogP contribution in [0, 0.1) is 11.8 Å². The lowest BCUT2D eigenvalue weighted by Crippen LogP contribution is -2.30. The van der Waals surface area contributed by atoms with E-state index in [1.807, 2.05) is 0 Å². The summed E-state index contributed by atoms with van der Waals surface area (Å²) in [6, 6.07) is 0. The van der Waals surface area contributed by atoms with Crippen molar-refractivity contribution in [2.24, 2.45) is 11.8 Å². The minimum Gasteiger partial charge on any atom is -0.462 e. The van der Waals surface area contributed by atoms with Gasteiger partial charge in [0.1, 0.15) is 19.3 Å². The number of hydrogen-bond acceptors (Lipinski definition) is 15. The van der Waals surface area contributed by atoms with Gasteiger partial charge in [-0.1, -0.05) is 356 Å².